The third kappa shape index (κ3) is 3.41. The Balaban J connectivity index is 1.92. The van der Waals surface area contributed by atoms with Gasteiger partial charge in [-0.2, -0.15) is 0 Å². The second kappa shape index (κ2) is 6.79. The predicted octanol–water partition coefficient (Wildman–Crippen LogP) is 0.859. The van der Waals surface area contributed by atoms with Gasteiger partial charge in [-0.25, -0.2) is 12.7 Å². The molecule has 1 N–H and O–H groups in total. The van der Waals surface area contributed by atoms with Gasteiger partial charge in [-0.1, -0.05) is 13.8 Å². The molecule has 1 saturated heterocycles. The highest BCUT2D eigenvalue weighted by Gasteiger charge is 2.54. The molecular formula is C18H26N4O4S. The normalized spacial score (nSPS) is 22.8. The molecule has 2 amide bonds. The lowest BCUT2D eigenvalue weighted by Crippen LogP contribution is -2.43. The van der Waals surface area contributed by atoms with Crippen molar-refractivity contribution in [2.24, 2.45) is 11.8 Å². The zero-order valence-corrected chi connectivity index (χ0v) is 17.1. The number of aromatic amines is 1. The maximum absolute atomic E-state index is 13.1. The van der Waals surface area contributed by atoms with Gasteiger partial charge < -0.3 is 14.8 Å². The molecule has 148 valence electrons. The Kier molecular flexibility index (Phi) is 4.94. The number of H-pyrrole nitrogens is 1. The molecule has 0 saturated carbocycles. The summed E-state index contributed by atoms with van der Waals surface area (Å²) < 4.78 is 25.2. The highest BCUT2D eigenvalue weighted by Crippen LogP contribution is 2.41. The molecule has 1 fully saturated rings. The van der Waals surface area contributed by atoms with Gasteiger partial charge in [0.15, 0.2) is 0 Å². The molecule has 2 aliphatic rings. The number of nitrogens with zero attached hydrogens (tertiary/aromatic N) is 3. The number of aromatic nitrogens is 1. The lowest BCUT2D eigenvalue weighted by atomic mass is 9.89. The van der Waals surface area contributed by atoms with E-state index < -0.39 is 27.9 Å². The largest absolute Gasteiger partial charge is 0.353 e. The number of rotatable bonds is 5. The Bertz CT molecular complexity index is 900. The van der Waals surface area contributed by atoms with Gasteiger partial charge in [-0.05, 0) is 38.2 Å². The molecule has 27 heavy (non-hydrogen) atoms. The zero-order chi connectivity index (χ0) is 20.1. The van der Waals surface area contributed by atoms with Crippen molar-refractivity contribution >= 4 is 21.8 Å². The topological polar surface area (TPSA) is 93.8 Å². The lowest BCUT2D eigenvalue weighted by Gasteiger charge is -2.28. The molecule has 2 aliphatic heterocycles. The number of hydrogen-bond donors (Lipinski definition) is 1. The van der Waals surface area contributed by atoms with Crippen molar-refractivity contribution < 1.29 is 18.0 Å². The Morgan fingerprint density at radius 2 is 2.00 bits per heavy atom. The second-order valence-electron chi connectivity index (χ2n) is 7.80. The highest BCUT2D eigenvalue weighted by molar-refractivity contribution is 7.89. The molecule has 0 spiro atoms. The van der Waals surface area contributed by atoms with Crippen LogP contribution in [0.15, 0.2) is 23.9 Å². The Morgan fingerprint density at radius 1 is 1.33 bits per heavy atom. The molecule has 9 heteroatoms. The van der Waals surface area contributed by atoms with Crippen LogP contribution in [-0.4, -0.2) is 72.3 Å². The van der Waals surface area contributed by atoms with Crippen molar-refractivity contribution in [1.29, 1.82) is 0 Å². The first-order chi connectivity index (χ1) is 12.5. The Morgan fingerprint density at radius 3 is 2.56 bits per heavy atom. The van der Waals surface area contributed by atoms with E-state index in [1.807, 2.05) is 38.9 Å². The van der Waals surface area contributed by atoms with E-state index in [1.54, 1.807) is 17.0 Å². The van der Waals surface area contributed by atoms with E-state index in [1.165, 1.54) is 0 Å². The van der Waals surface area contributed by atoms with Crippen molar-refractivity contribution in [3.63, 3.8) is 0 Å². The van der Waals surface area contributed by atoms with Crippen LogP contribution >= 0.6 is 0 Å². The number of nitrogens with one attached hydrogen (secondary N) is 1. The van der Waals surface area contributed by atoms with Gasteiger partial charge in [0, 0.05) is 18.8 Å². The van der Waals surface area contributed by atoms with Crippen molar-refractivity contribution in [1.82, 2.24) is 19.1 Å². The average molecular weight is 394 g/mol. The van der Waals surface area contributed by atoms with Gasteiger partial charge in [0.25, 0.3) is 5.91 Å². The number of sulfonamides is 1. The molecular weight excluding hydrogens is 368 g/mol. The van der Waals surface area contributed by atoms with Gasteiger partial charge in [-0.3, -0.25) is 9.59 Å². The van der Waals surface area contributed by atoms with E-state index in [0.29, 0.717) is 17.9 Å². The molecule has 1 aromatic rings. The molecule has 0 aliphatic carbocycles. The summed E-state index contributed by atoms with van der Waals surface area (Å²) in [4.78, 5) is 32.6. The fraction of sp³-hybridized carbons (Fsp3) is 0.556. The van der Waals surface area contributed by atoms with Gasteiger partial charge in [0.05, 0.1) is 23.9 Å². The summed E-state index contributed by atoms with van der Waals surface area (Å²) in [6, 6.07) is 3.04. The van der Waals surface area contributed by atoms with E-state index in [2.05, 4.69) is 4.98 Å². The van der Waals surface area contributed by atoms with Crippen molar-refractivity contribution in [3.05, 3.63) is 35.3 Å². The number of carbonyl (C=O) groups excluding carboxylic acids is 2. The van der Waals surface area contributed by atoms with E-state index in [4.69, 9.17) is 0 Å². The fourth-order valence-corrected chi connectivity index (χ4v) is 4.94. The fourth-order valence-electron chi connectivity index (χ4n) is 3.93. The van der Waals surface area contributed by atoms with Crippen molar-refractivity contribution in [2.75, 3.05) is 26.9 Å². The van der Waals surface area contributed by atoms with Crippen molar-refractivity contribution in [3.8, 4) is 0 Å². The van der Waals surface area contributed by atoms with E-state index in [9.17, 15) is 18.0 Å². The van der Waals surface area contributed by atoms with E-state index in [0.717, 1.165) is 16.3 Å². The van der Waals surface area contributed by atoms with Crippen LogP contribution in [0.1, 0.15) is 30.0 Å². The van der Waals surface area contributed by atoms with Crippen LogP contribution in [0.5, 0.6) is 0 Å². The Hall–Kier alpha value is -2.13. The molecule has 2 atom stereocenters. The summed E-state index contributed by atoms with van der Waals surface area (Å²) in [5.41, 5.74) is 1.75. The van der Waals surface area contributed by atoms with Gasteiger partial charge >= 0.3 is 0 Å². The molecule has 0 unspecified atom stereocenters. The molecule has 8 nitrogen and oxygen atoms in total. The van der Waals surface area contributed by atoms with Crippen LogP contribution in [0.4, 0.5) is 0 Å². The summed E-state index contributed by atoms with van der Waals surface area (Å²) in [5.74, 6) is -1.36. The summed E-state index contributed by atoms with van der Waals surface area (Å²) in [5, 5.41) is 0. The van der Waals surface area contributed by atoms with Crippen LogP contribution in [0.25, 0.3) is 0 Å². The quantitative estimate of drug-likeness (QED) is 0.799. The maximum atomic E-state index is 13.1. The number of amides is 2. The zero-order valence-electron chi connectivity index (χ0n) is 16.3. The first-order valence-corrected chi connectivity index (χ1v) is 10.7. The molecule has 0 radical (unpaired) electrons. The van der Waals surface area contributed by atoms with Crippen LogP contribution in [-0.2, 0) is 21.4 Å². The average Bonchev–Trinajstić information content (AvgIpc) is 3.18. The second-order valence-corrected chi connectivity index (χ2v) is 9.63. The van der Waals surface area contributed by atoms with Gasteiger partial charge in [0.2, 0.25) is 15.9 Å². The molecule has 3 rings (SSSR count). The van der Waals surface area contributed by atoms with Gasteiger partial charge in [-0.15, -0.1) is 0 Å². The van der Waals surface area contributed by atoms with Crippen LogP contribution < -0.4 is 0 Å². The number of hydrogen-bond acceptors (Lipinski definition) is 5. The van der Waals surface area contributed by atoms with E-state index >= 15 is 0 Å². The SMILES string of the molecule is CC(C)[C@@H]1C(=O)N(S(C)(=O)=O)C2=CCN(C(=O)c3ccc(CN(C)C)[nH]3)[C@H]21. The molecule has 0 bridgehead atoms. The monoisotopic (exact) mass is 394 g/mol. The lowest BCUT2D eigenvalue weighted by molar-refractivity contribution is -0.128. The first kappa shape index (κ1) is 19.6. The third-order valence-electron chi connectivity index (χ3n) is 4.97. The minimum absolute atomic E-state index is 0.0982. The summed E-state index contributed by atoms with van der Waals surface area (Å²) in [6.45, 7) is 4.70. The van der Waals surface area contributed by atoms with E-state index in [-0.39, 0.29) is 18.4 Å². The summed E-state index contributed by atoms with van der Waals surface area (Å²) >= 11 is 0. The standard InChI is InChI=1S/C18H26N4O4S/c1-11(2)15-16-14(22(18(15)24)27(5,25)26)8-9-21(16)17(23)13-7-6-12(19-13)10-20(3)4/h6-8,11,15-16,19H,9-10H2,1-5H3/t15-,16+/m0/s1. The Labute approximate surface area is 159 Å². The molecule has 3 heterocycles. The van der Waals surface area contributed by atoms with Crippen LogP contribution in [0.3, 0.4) is 0 Å². The highest BCUT2D eigenvalue weighted by atomic mass is 32.2. The minimum Gasteiger partial charge on any atom is -0.353 e. The smallest absolute Gasteiger partial charge is 0.271 e. The predicted molar refractivity (Wildman–Crippen MR) is 101 cm³/mol. The molecule has 1 aromatic heterocycles. The van der Waals surface area contributed by atoms with Crippen molar-refractivity contribution in [2.45, 2.75) is 26.4 Å². The van der Waals surface area contributed by atoms with Crippen LogP contribution in [0.2, 0.25) is 0 Å². The first-order valence-electron chi connectivity index (χ1n) is 8.90. The third-order valence-corrected chi connectivity index (χ3v) is 6.02. The summed E-state index contributed by atoms with van der Waals surface area (Å²) in [7, 11) is 0.150. The van der Waals surface area contributed by atoms with Crippen LogP contribution in [0, 0.1) is 11.8 Å². The minimum atomic E-state index is -3.73. The number of fused-ring (bicyclic) bond motifs is 1. The maximum Gasteiger partial charge on any atom is 0.271 e. The number of carbonyl (C=O) groups is 2. The summed E-state index contributed by atoms with van der Waals surface area (Å²) in [6.07, 6.45) is 2.70. The van der Waals surface area contributed by atoms with Gasteiger partial charge in [0.1, 0.15) is 5.69 Å². The molecule has 0 aromatic carbocycles.